The summed E-state index contributed by atoms with van der Waals surface area (Å²) in [6, 6.07) is 8.61. The molecular formula is C12H10FN3O2. The molecule has 18 heavy (non-hydrogen) atoms. The zero-order valence-electron chi connectivity index (χ0n) is 9.38. The number of hydrogen-bond acceptors (Lipinski definition) is 3. The Bertz CT molecular complexity index is 611. The van der Waals surface area contributed by atoms with E-state index in [1.165, 1.54) is 0 Å². The second kappa shape index (κ2) is 3.63. The van der Waals surface area contributed by atoms with Crippen LogP contribution in [0.1, 0.15) is 28.4 Å². The van der Waals surface area contributed by atoms with Crippen LogP contribution < -0.4 is 0 Å². The molecule has 1 unspecified atom stereocenters. The molecule has 0 fully saturated rings. The molecule has 0 saturated heterocycles. The highest BCUT2D eigenvalue weighted by molar-refractivity contribution is 5.82. The summed E-state index contributed by atoms with van der Waals surface area (Å²) < 4.78 is 16.1. The van der Waals surface area contributed by atoms with Crippen LogP contribution in [0, 0.1) is 0 Å². The fraction of sp³-hybridized carbons (Fsp3) is 0.250. The highest BCUT2D eigenvalue weighted by atomic mass is 19.1. The normalized spacial score (nSPS) is 21.8. The van der Waals surface area contributed by atoms with Crippen LogP contribution >= 0.6 is 0 Å². The molecule has 1 atom stereocenters. The lowest BCUT2D eigenvalue weighted by Crippen LogP contribution is -2.27. The third-order valence-electron chi connectivity index (χ3n) is 3.10. The van der Waals surface area contributed by atoms with Crippen molar-refractivity contribution in [1.29, 1.82) is 0 Å². The van der Waals surface area contributed by atoms with Crippen molar-refractivity contribution in [3.8, 4) is 0 Å². The van der Waals surface area contributed by atoms with Crippen LogP contribution in [0.4, 0.5) is 4.39 Å². The van der Waals surface area contributed by atoms with Crippen LogP contribution in [0.5, 0.6) is 0 Å². The number of aryl methyl sites for hydroxylation is 1. The predicted molar refractivity (Wildman–Crippen MR) is 59.9 cm³/mol. The first-order valence-electron chi connectivity index (χ1n) is 5.55. The van der Waals surface area contributed by atoms with Crippen LogP contribution in [0.25, 0.3) is 0 Å². The number of aromatic nitrogens is 3. The van der Waals surface area contributed by atoms with Crippen molar-refractivity contribution in [3.05, 3.63) is 47.5 Å². The van der Waals surface area contributed by atoms with Gasteiger partial charge in [0.05, 0.1) is 0 Å². The van der Waals surface area contributed by atoms with Crippen LogP contribution in [0.3, 0.4) is 0 Å². The number of carbonyl (C=O) groups is 1. The van der Waals surface area contributed by atoms with Crippen molar-refractivity contribution in [2.75, 3.05) is 0 Å². The van der Waals surface area contributed by atoms with Crippen LogP contribution in [0.2, 0.25) is 0 Å². The van der Waals surface area contributed by atoms with E-state index in [9.17, 15) is 9.18 Å². The second-order valence-corrected chi connectivity index (χ2v) is 4.19. The monoisotopic (exact) mass is 247 g/mol. The number of fused-ring (bicyclic) bond motifs is 1. The summed E-state index contributed by atoms with van der Waals surface area (Å²) in [5, 5.41) is 12.6. The number of carboxylic acids is 1. The van der Waals surface area contributed by atoms with Gasteiger partial charge in [0.15, 0.2) is 0 Å². The molecule has 5 nitrogen and oxygen atoms in total. The van der Waals surface area contributed by atoms with Gasteiger partial charge in [-0.3, -0.25) is 0 Å². The zero-order chi connectivity index (χ0) is 12.8. The number of aromatic carboxylic acids is 1. The molecule has 0 bridgehead atoms. The van der Waals surface area contributed by atoms with Crippen molar-refractivity contribution >= 4 is 5.97 Å². The van der Waals surface area contributed by atoms with E-state index in [1.54, 1.807) is 30.3 Å². The molecule has 0 spiro atoms. The SMILES string of the molecule is O=C(O)c1nc2n(n1)C(F)(c1ccccc1)CC2. The zero-order valence-corrected chi connectivity index (χ0v) is 9.38. The number of rotatable bonds is 2. The Kier molecular flexibility index (Phi) is 2.19. The third kappa shape index (κ3) is 1.42. The molecule has 1 aromatic carbocycles. The Morgan fingerprint density at radius 1 is 1.39 bits per heavy atom. The summed E-state index contributed by atoms with van der Waals surface area (Å²) in [6.45, 7) is 0. The largest absolute Gasteiger partial charge is 0.475 e. The Labute approximate surface area is 102 Å². The smallest absolute Gasteiger partial charge is 0.375 e. The number of halogens is 1. The number of nitrogens with zero attached hydrogens (tertiary/aromatic N) is 3. The molecule has 3 rings (SSSR count). The number of carboxylic acid groups (broad SMARTS) is 1. The fourth-order valence-corrected chi connectivity index (χ4v) is 2.22. The van der Waals surface area contributed by atoms with E-state index in [-0.39, 0.29) is 12.2 Å². The van der Waals surface area contributed by atoms with Crippen molar-refractivity contribution in [1.82, 2.24) is 14.8 Å². The fourth-order valence-electron chi connectivity index (χ4n) is 2.22. The first-order chi connectivity index (χ1) is 8.61. The maximum Gasteiger partial charge on any atom is 0.375 e. The van der Waals surface area contributed by atoms with Crippen molar-refractivity contribution in [2.45, 2.75) is 18.6 Å². The number of alkyl halides is 1. The highest BCUT2D eigenvalue weighted by Gasteiger charge is 2.43. The first-order valence-corrected chi connectivity index (χ1v) is 5.55. The standard InChI is InChI=1S/C12H10FN3O2/c13-12(8-4-2-1-3-5-8)7-6-9-14-10(11(17)18)15-16(9)12/h1-5H,6-7H2,(H,17,18). The summed E-state index contributed by atoms with van der Waals surface area (Å²) in [4.78, 5) is 14.6. The van der Waals surface area contributed by atoms with Gasteiger partial charge >= 0.3 is 5.97 Å². The predicted octanol–water partition coefficient (Wildman–Crippen LogP) is 1.59. The van der Waals surface area contributed by atoms with Gasteiger partial charge in [-0.05, 0) is 0 Å². The molecule has 1 aromatic heterocycles. The summed E-state index contributed by atoms with van der Waals surface area (Å²) in [5.41, 5.74) is 0.464. The van der Waals surface area contributed by atoms with Gasteiger partial charge in [-0.1, -0.05) is 30.3 Å². The minimum Gasteiger partial charge on any atom is -0.475 e. The maximum absolute atomic E-state index is 15.0. The molecule has 1 aliphatic heterocycles. The molecule has 6 heteroatoms. The van der Waals surface area contributed by atoms with E-state index < -0.39 is 11.8 Å². The van der Waals surface area contributed by atoms with Gasteiger partial charge in [0, 0.05) is 18.4 Å². The minimum atomic E-state index is -1.79. The van der Waals surface area contributed by atoms with Gasteiger partial charge in [0.25, 0.3) is 5.82 Å². The van der Waals surface area contributed by atoms with Crippen molar-refractivity contribution in [2.24, 2.45) is 0 Å². The van der Waals surface area contributed by atoms with Crippen LogP contribution in [-0.2, 0) is 12.2 Å². The third-order valence-corrected chi connectivity index (χ3v) is 3.10. The molecular weight excluding hydrogens is 237 g/mol. The number of hydrogen-bond donors (Lipinski definition) is 1. The van der Waals surface area contributed by atoms with E-state index in [2.05, 4.69) is 10.1 Å². The van der Waals surface area contributed by atoms with Crippen LogP contribution in [-0.4, -0.2) is 25.8 Å². The first kappa shape index (κ1) is 10.9. The Balaban J connectivity index is 2.11. The molecule has 1 N–H and O–H groups in total. The summed E-state index contributed by atoms with van der Waals surface area (Å²) in [7, 11) is 0. The topological polar surface area (TPSA) is 68.0 Å². The summed E-state index contributed by atoms with van der Waals surface area (Å²) in [5.74, 6) is -3.02. The van der Waals surface area contributed by atoms with Gasteiger partial charge in [-0.15, -0.1) is 5.10 Å². The van der Waals surface area contributed by atoms with E-state index in [0.717, 1.165) is 4.68 Å². The summed E-state index contributed by atoms with van der Waals surface area (Å²) >= 11 is 0. The van der Waals surface area contributed by atoms with Gasteiger partial charge in [-0.2, -0.15) is 0 Å². The van der Waals surface area contributed by atoms with E-state index in [0.29, 0.717) is 17.8 Å². The Hall–Kier alpha value is -2.24. The lowest BCUT2D eigenvalue weighted by molar-refractivity contribution is 0.0676. The van der Waals surface area contributed by atoms with Gasteiger partial charge in [0.1, 0.15) is 5.82 Å². The number of benzene rings is 1. The Morgan fingerprint density at radius 3 is 2.78 bits per heavy atom. The van der Waals surface area contributed by atoms with Crippen LogP contribution in [0.15, 0.2) is 30.3 Å². The maximum atomic E-state index is 15.0. The van der Waals surface area contributed by atoms with Gasteiger partial charge in [-0.25, -0.2) is 18.9 Å². The van der Waals surface area contributed by atoms with E-state index in [4.69, 9.17) is 5.11 Å². The Morgan fingerprint density at radius 2 is 2.11 bits per heavy atom. The average molecular weight is 247 g/mol. The molecule has 1 aliphatic rings. The molecule has 0 radical (unpaired) electrons. The minimum absolute atomic E-state index is 0.228. The molecule has 92 valence electrons. The molecule has 2 heterocycles. The molecule has 2 aromatic rings. The molecule has 0 amide bonds. The second-order valence-electron chi connectivity index (χ2n) is 4.19. The lowest BCUT2D eigenvalue weighted by Gasteiger charge is -2.20. The van der Waals surface area contributed by atoms with Gasteiger partial charge in [0.2, 0.25) is 5.79 Å². The van der Waals surface area contributed by atoms with E-state index in [1.807, 2.05) is 0 Å². The highest BCUT2D eigenvalue weighted by Crippen LogP contribution is 2.38. The average Bonchev–Trinajstić information content (AvgIpc) is 2.93. The lowest BCUT2D eigenvalue weighted by atomic mass is 10.0. The van der Waals surface area contributed by atoms with Gasteiger partial charge < -0.3 is 5.11 Å². The van der Waals surface area contributed by atoms with Crippen molar-refractivity contribution in [3.63, 3.8) is 0 Å². The molecule has 0 aliphatic carbocycles. The van der Waals surface area contributed by atoms with E-state index >= 15 is 0 Å². The summed E-state index contributed by atoms with van der Waals surface area (Å²) in [6.07, 6.45) is 0.609. The quantitative estimate of drug-likeness (QED) is 0.875. The van der Waals surface area contributed by atoms with Crippen molar-refractivity contribution < 1.29 is 14.3 Å². The molecule has 0 saturated carbocycles.